The fourth-order valence-corrected chi connectivity index (χ4v) is 4.42. The van der Waals surface area contributed by atoms with Crippen LogP contribution in [0.4, 0.5) is 0 Å². The molecule has 0 N–H and O–H groups in total. The molecule has 2 aromatic heterocycles. The Bertz CT molecular complexity index is 724. The van der Waals surface area contributed by atoms with Crippen molar-refractivity contribution in [3.05, 3.63) is 24.2 Å². The molecule has 0 amide bonds. The van der Waals surface area contributed by atoms with Gasteiger partial charge in [0.1, 0.15) is 11.3 Å². The molecule has 5 nitrogen and oxygen atoms in total. The minimum absolute atomic E-state index is 0.110. The van der Waals surface area contributed by atoms with E-state index in [9.17, 15) is 8.42 Å². The molecule has 0 bridgehead atoms. The van der Waals surface area contributed by atoms with Gasteiger partial charge in [0.2, 0.25) is 0 Å². The number of halogens is 1. The van der Waals surface area contributed by atoms with Crippen molar-refractivity contribution in [3.63, 3.8) is 0 Å². The zero-order valence-corrected chi connectivity index (χ0v) is 12.0. The lowest BCUT2D eigenvalue weighted by atomic mass is 10.2. The third kappa shape index (κ3) is 2.23. The van der Waals surface area contributed by atoms with Gasteiger partial charge in [-0.15, -0.1) is 11.6 Å². The fourth-order valence-electron chi connectivity index (χ4n) is 2.57. The van der Waals surface area contributed by atoms with E-state index in [2.05, 4.69) is 9.97 Å². The summed E-state index contributed by atoms with van der Waals surface area (Å²) in [5, 5.41) is -0.280. The quantitative estimate of drug-likeness (QED) is 0.797. The van der Waals surface area contributed by atoms with Crippen LogP contribution in [0.1, 0.15) is 30.6 Å². The first kappa shape index (κ1) is 12.9. The van der Waals surface area contributed by atoms with Crippen LogP contribution in [0.2, 0.25) is 0 Å². The molecule has 1 aliphatic rings. The predicted octanol–water partition coefficient (Wildman–Crippen LogP) is 2.09. The number of imidazole rings is 1. The molecule has 2 aromatic rings. The van der Waals surface area contributed by atoms with Gasteiger partial charge in [-0.3, -0.25) is 0 Å². The third-order valence-corrected chi connectivity index (χ3v) is 5.35. The molecule has 0 aromatic carbocycles. The van der Waals surface area contributed by atoms with Gasteiger partial charge in [-0.1, -0.05) is 0 Å². The van der Waals surface area contributed by atoms with Crippen LogP contribution in [0.15, 0.2) is 18.3 Å². The molecule has 19 heavy (non-hydrogen) atoms. The molecule has 0 radical (unpaired) electrons. The molecular weight excluding hydrogens is 286 g/mol. The first-order valence-corrected chi connectivity index (χ1v) is 8.41. The average molecular weight is 300 g/mol. The van der Waals surface area contributed by atoms with Gasteiger partial charge in [-0.2, -0.15) is 0 Å². The normalized spacial score (nSPS) is 23.8. The number of sulfone groups is 1. The molecule has 0 aliphatic carbocycles. The largest absolute Gasteiger partial charge is 0.307 e. The molecule has 2 unspecified atom stereocenters. The molecule has 0 saturated carbocycles. The number of hydrogen-bond donors (Lipinski definition) is 0. The Morgan fingerprint density at radius 1 is 1.53 bits per heavy atom. The Morgan fingerprint density at radius 2 is 2.32 bits per heavy atom. The number of alkyl halides is 1. The van der Waals surface area contributed by atoms with E-state index in [4.69, 9.17) is 11.6 Å². The number of hydrogen-bond acceptors (Lipinski definition) is 4. The number of pyridine rings is 1. The summed E-state index contributed by atoms with van der Waals surface area (Å²) >= 11 is 6.17. The summed E-state index contributed by atoms with van der Waals surface area (Å²) in [7, 11) is -2.95. The van der Waals surface area contributed by atoms with Crippen molar-refractivity contribution in [2.24, 2.45) is 0 Å². The van der Waals surface area contributed by atoms with Crippen LogP contribution in [0, 0.1) is 0 Å². The minimum atomic E-state index is -2.95. The first-order chi connectivity index (χ1) is 8.98. The van der Waals surface area contributed by atoms with Crippen LogP contribution in [-0.2, 0) is 9.84 Å². The first-order valence-electron chi connectivity index (χ1n) is 6.15. The van der Waals surface area contributed by atoms with E-state index < -0.39 is 9.84 Å². The van der Waals surface area contributed by atoms with Gasteiger partial charge in [0.15, 0.2) is 15.5 Å². The van der Waals surface area contributed by atoms with E-state index in [0.717, 1.165) is 5.52 Å². The fraction of sp³-hybridized carbons (Fsp3) is 0.500. The van der Waals surface area contributed by atoms with Gasteiger partial charge >= 0.3 is 0 Å². The lowest BCUT2D eigenvalue weighted by molar-refractivity contribution is 0.542. The van der Waals surface area contributed by atoms with Crippen molar-refractivity contribution in [1.29, 1.82) is 0 Å². The van der Waals surface area contributed by atoms with Crippen molar-refractivity contribution in [1.82, 2.24) is 14.5 Å². The Balaban J connectivity index is 2.18. The van der Waals surface area contributed by atoms with Crippen LogP contribution in [0.3, 0.4) is 0 Å². The van der Waals surface area contributed by atoms with Gasteiger partial charge in [0.05, 0.1) is 22.9 Å². The van der Waals surface area contributed by atoms with Gasteiger partial charge in [-0.25, -0.2) is 18.4 Å². The predicted molar refractivity (Wildman–Crippen MR) is 74.1 cm³/mol. The van der Waals surface area contributed by atoms with E-state index in [1.165, 1.54) is 0 Å². The highest BCUT2D eigenvalue weighted by Gasteiger charge is 2.32. The number of fused-ring (bicyclic) bond motifs is 1. The summed E-state index contributed by atoms with van der Waals surface area (Å²) in [5.74, 6) is 1.06. The Kier molecular flexibility index (Phi) is 3.02. The molecular formula is C12H14ClN3O2S. The van der Waals surface area contributed by atoms with Crippen molar-refractivity contribution in [2.75, 3.05) is 11.5 Å². The molecule has 1 saturated heterocycles. The topological polar surface area (TPSA) is 64.8 Å². The summed E-state index contributed by atoms with van der Waals surface area (Å²) < 4.78 is 25.2. The van der Waals surface area contributed by atoms with Gasteiger partial charge in [-0.05, 0) is 25.5 Å². The standard InChI is InChI=1S/C12H14ClN3O2S/c1-8(13)11-15-10-3-2-5-14-12(10)16(11)9-4-6-19(17,18)7-9/h2-3,5,8-9H,4,6-7H2,1H3. The summed E-state index contributed by atoms with van der Waals surface area (Å²) in [6.07, 6.45) is 2.29. The highest BCUT2D eigenvalue weighted by molar-refractivity contribution is 7.91. The summed E-state index contributed by atoms with van der Waals surface area (Å²) in [4.78, 5) is 8.80. The molecule has 7 heteroatoms. The van der Waals surface area contributed by atoms with E-state index in [-0.39, 0.29) is 22.9 Å². The Labute approximate surface area is 116 Å². The van der Waals surface area contributed by atoms with Crippen molar-refractivity contribution < 1.29 is 8.42 Å². The van der Waals surface area contributed by atoms with Gasteiger partial charge < -0.3 is 4.57 Å². The smallest absolute Gasteiger partial charge is 0.160 e. The molecule has 3 heterocycles. The van der Waals surface area contributed by atoms with E-state index >= 15 is 0 Å². The second-order valence-electron chi connectivity index (χ2n) is 4.86. The molecule has 1 fully saturated rings. The highest BCUT2D eigenvalue weighted by Crippen LogP contribution is 2.32. The monoisotopic (exact) mass is 299 g/mol. The molecule has 0 spiro atoms. The molecule has 102 valence electrons. The summed E-state index contributed by atoms with van der Waals surface area (Å²) in [6, 6.07) is 3.57. The maximum atomic E-state index is 11.7. The van der Waals surface area contributed by atoms with Crippen molar-refractivity contribution in [2.45, 2.75) is 24.8 Å². The minimum Gasteiger partial charge on any atom is -0.307 e. The summed E-state index contributed by atoms with van der Waals surface area (Å²) in [5.41, 5.74) is 1.47. The zero-order valence-electron chi connectivity index (χ0n) is 10.5. The lowest BCUT2D eigenvalue weighted by Crippen LogP contribution is -2.14. The van der Waals surface area contributed by atoms with Crippen molar-refractivity contribution in [3.8, 4) is 0 Å². The molecule has 2 atom stereocenters. The maximum Gasteiger partial charge on any atom is 0.160 e. The van der Waals surface area contributed by atoms with Crippen LogP contribution in [0.5, 0.6) is 0 Å². The van der Waals surface area contributed by atoms with E-state index in [0.29, 0.717) is 17.9 Å². The average Bonchev–Trinajstić information content (AvgIpc) is 2.89. The van der Waals surface area contributed by atoms with Crippen LogP contribution < -0.4 is 0 Å². The lowest BCUT2D eigenvalue weighted by Gasteiger charge is -2.15. The van der Waals surface area contributed by atoms with E-state index in [1.807, 2.05) is 23.6 Å². The zero-order chi connectivity index (χ0) is 13.6. The molecule has 1 aliphatic heterocycles. The van der Waals surface area contributed by atoms with Crippen LogP contribution in [-0.4, -0.2) is 34.5 Å². The Morgan fingerprint density at radius 3 is 2.95 bits per heavy atom. The third-order valence-electron chi connectivity index (χ3n) is 3.41. The SMILES string of the molecule is CC(Cl)c1nc2cccnc2n1C1CCS(=O)(=O)C1. The maximum absolute atomic E-state index is 11.7. The van der Waals surface area contributed by atoms with Gasteiger partial charge in [0, 0.05) is 6.20 Å². The van der Waals surface area contributed by atoms with Crippen LogP contribution >= 0.6 is 11.6 Å². The highest BCUT2D eigenvalue weighted by atomic mass is 35.5. The summed E-state index contributed by atoms with van der Waals surface area (Å²) in [6.45, 7) is 1.84. The van der Waals surface area contributed by atoms with Gasteiger partial charge in [0.25, 0.3) is 0 Å². The number of aromatic nitrogens is 3. The second kappa shape index (κ2) is 4.45. The Hall–Kier alpha value is -1.14. The van der Waals surface area contributed by atoms with Crippen LogP contribution in [0.25, 0.3) is 11.2 Å². The van der Waals surface area contributed by atoms with Crippen molar-refractivity contribution >= 4 is 32.6 Å². The molecule has 3 rings (SSSR count). The number of nitrogens with zero attached hydrogens (tertiary/aromatic N) is 3. The number of rotatable bonds is 2. The van der Waals surface area contributed by atoms with E-state index in [1.54, 1.807) is 6.20 Å². The second-order valence-corrected chi connectivity index (χ2v) is 7.74.